The predicted octanol–water partition coefficient (Wildman–Crippen LogP) is 0.633. The largest absolute Gasteiger partial charge is 0.391 e. The number of aliphatic hydroxyl groups excluding tert-OH is 1. The van der Waals surface area contributed by atoms with Gasteiger partial charge in [0, 0.05) is 0 Å². The molecule has 1 aliphatic rings. The molecule has 1 fully saturated rings. The Kier molecular flexibility index (Phi) is 2.11. The molecule has 0 aromatic heterocycles. The van der Waals surface area contributed by atoms with E-state index in [9.17, 15) is 5.11 Å². The lowest BCUT2D eigenvalue weighted by molar-refractivity contribution is 0.155. The molecule has 1 aliphatic carbocycles. The summed E-state index contributed by atoms with van der Waals surface area (Å²) in [4.78, 5) is 0. The van der Waals surface area contributed by atoms with Gasteiger partial charge in [0.15, 0.2) is 0 Å². The van der Waals surface area contributed by atoms with Crippen LogP contribution in [0.4, 0.5) is 0 Å². The van der Waals surface area contributed by atoms with Crippen LogP contribution < -0.4 is 5.32 Å². The third kappa shape index (κ3) is 1.45. The Morgan fingerprint density at radius 1 is 1.56 bits per heavy atom. The normalized spacial score (nSPS) is 34.3. The molecule has 2 nitrogen and oxygen atoms in total. The molecule has 9 heavy (non-hydrogen) atoms. The molecular formula is C7H13NO. The minimum atomic E-state index is -0.150. The van der Waals surface area contributed by atoms with Crippen molar-refractivity contribution in [2.75, 3.05) is 0 Å². The SMILES string of the molecule is C=CNC1CCCC1O. The maximum Gasteiger partial charge on any atom is 0.0740 e. The zero-order valence-corrected chi connectivity index (χ0v) is 5.51. The molecule has 2 atom stereocenters. The van der Waals surface area contributed by atoms with Crippen LogP contribution in [0, 0.1) is 0 Å². The molecule has 0 bridgehead atoms. The van der Waals surface area contributed by atoms with Crippen LogP contribution in [0.25, 0.3) is 0 Å². The molecule has 0 saturated heterocycles. The molecule has 2 unspecified atom stereocenters. The first kappa shape index (κ1) is 6.62. The van der Waals surface area contributed by atoms with Crippen molar-refractivity contribution < 1.29 is 5.11 Å². The maximum absolute atomic E-state index is 9.21. The Labute approximate surface area is 55.6 Å². The second kappa shape index (κ2) is 2.87. The second-order valence-electron chi connectivity index (χ2n) is 2.48. The van der Waals surface area contributed by atoms with E-state index in [0.29, 0.717) is 0 Å². The van der Waals surface area contributed by atoms with Gasteiger partial charge in [-0.2, -0.15) is 0 Å². The van der Waals surface area contributed by atoms with Crippen molar-refractivity contribution in [1.29, 1.82) is 0 Å². The molecule has 0 heterocycles. The fraction of sp³-hybridized carbons (Fsp3) is 0.714. The molecule has 2 heteroatoms. The van der Waals surface area contributed by atoms with Crippen LogP contribution in [0.2, 0.25) is 0 Å². The van der Waals surface area contributed by atoms with Crippen molar-refractivity contribution >= 4 is 0 Å². The number of aliphatic hydroxyl groups is 1. The Bertz CT molecular complexity index is 103. The molecule has 0 aromatic carbocycles. The van der Waals surface area contributed by atoms with Gasteiger partial charge >= 0.3 is 0 Å². The molecule has 1 rings (SSSR count). The second-order valence-corrected chi connectivity index (χ2v) is 2.48. The average Bonchev–Trinajstić information content (AvgIpc) is 2.18. The fourth-order valence-electron chi connectivity index (χ4n) is 1.29. The molecule has 2 N–H and O–H groups in total. The van der Waals surface area contributed by atoms with Gasteiger partial charge in [-0.05, 0) is 25.5 Å². The van der Waals surface area contributed by atoms with Crippen LogP contribution in [0.1, 0.15) is 19.3 Å². The van der Waals surface area contributed by atoms with E-state index in [1.807, 2.05) is 0 Å². The quantitative estimate of drug-likeness (QED) is 0.570. The van der Waals surface area contributed by atoms with Crippen molar-refractivity contribution in [1.82, 2.24) is 5.32 Å². The minimum absolute atomic E-state index is 0.150. The van der Waals surface area contributed by atoms with Crippen molar-refractivity contribution in [3.8, 4) is 0 Å². The van der Waals surface area contributed by atoms with Gasteiger partial charge in [0.2, 0.25) is 0 Å². The number of rotatable bonds is 2. The van der Waals surface area contributed by atoms with Crippen molar-refractivity contribution in [3.63, 3.8) is 0 Å². The summed E-state index contributed by atoms with van der Waals surface area (Å²) in [6.45, 7) is 3.54. The fourth-order valence-corrected chi connectivity index (χ4v) is 1.29. The van der Waals surface area contributed by atoms with Gasteiger partial charge in [0.1, 0.15) is 0 Å². The first-order chi connectivity index (χ1) is 4.34. The first-order valence-corrected chi connectivity index (χ1v) is 3.39. The minimum Gasteiger partial charge on any atom is -0.391 e. The Balaban J connectivity index is 2.30. The van der Waals surface area contributed by atoms with Crippen LogP contribution in [0.3, 0.4) is 0 Å². The summed E-state index contributed by atoms with van der Waals surface area (Å²) < 4.78 is 0. The summed E-state index contributed by atoms with van der Waals surface area (Å²) in [5.74, 6) is 0. The molecular weight excluding hydrogens is 114 g/mol. The summed E-state index contributed by atoms with van der Waals surface area (Å²) in [6.07, 6.45) is 4.65. The van der Waals surface area contributed by atoms with E-state index < -0.39 is 0 Å². The predicted molar refractivity (Wildman–Crippen MR) is 37.0 cm³/mol. The molecule has 0 amide bonds. The maximum atomic E-state index is 9.21. The zero-order chi connectivity index (χ0) is 6.69. The standard InChI is InChI=1S/C7H13NO/c1-2-8-6-4-3-5-7(6)9/h2,6-9H,1,3-5H2. The van der Waals surface area contributed by atoms with Crippen LogP contribution in [0.5, 0.6) is 0 Å². The highest BCUT2D eigenvalue weighted by molar-refractivity contribution is 4.85. The highest BCUT2D eigenvalue weighted by Gasteiger charge is 2.23. The van der Waals surface area contributed by atoms with Gasteiger partial charge < -0.3 is 10.4 Å². The van der Waals surface area contributed by atoms with E-state index in [1.165, 1.54) is 0 Å². The Morgan fingerprint density at radius 2 is 2.33 bits per heavy atom. The highest BCUT2D eigenvalue weighted by Crippen LogP contribution is 2.18. The molecule has 52 valence electrons. The topological polar surface area (TPSA) is 32.3 Å². The lowest BCUT2D eigenvalue weighted by Gasteiger charge is -2.13. The summed E-state index contributed by atoms with van der Waals surface area (Å²) in [7, 11) is 0. The lowest BCUT2D eigenvalue weighted by atomic mass is 10.2. The smallest absolute Gasteiger partial charge is 0.0740 e. The molecule has 0 radical (unpaired) electrons. The number of nitrogens with one attached hydrogen (secondary N) is 1. The zero-order valence-electron chi connectivity index (χ0n) is 5.51. The van der Waals surface area contributed by atoms with Crippen LogP contribution in [0.15, 0.2) is 12.8 Å². The van der Waals surface area contributed by atoms with Gasteiger partial charge in [-0.25, -0.2) is 0 Å². The molecule has 0 aromatic rings. The van der Waals surface area contributed by atoms with Crippen LogP contribution in [-0.4, -0.2) is 17.3 Å². The average molecular weight is 127 g/mol. The van der Waals surface area contributed by atoms with E-state index in [0.717, 1.165) is 19.3 Å². The van der Waals surface area contributed by atoms with E-state index in [1.54, 1.807) is 6.20 Å². The van der Waals surface area contributed by atoms with Gasteiger partial charge in [-0.15, -0.1) is 0 Å². The van der Waals surface area contributed by atoms with Gasteiger partial charge in [0.05, 0.1) is 12.1 Å². The van der Waals surface area contributed by atoms with E-state index in [-0.39, 0.29) is 12.1 Å². The summed E-state index contributed by atoms with van der Waals surface area (Å²) >= 11 is 0. The third-order valence-electron chi connectivity index (χ3n) is 1.81. The van der Waals surface area contributed by atoms with Gasteiger partial charge in [-0.3, -0.25) is 0 Å². The monoisotopic (exact) mass is 127 g/mol. The molecule has 1 saturated carbocycles. The van der Waals surface area contributed by atoms with E-state index in [4.69, 9.17) is 0 Å². The van der Waals surface area contributed by atoms with E-state index in [2.05, 4.69) is 11.9 Å². The molecule has 0 aliphatic heterocycles. The van der Waals surface area contributed by atoms with Crippen LogP contribution >= 0.6 is 0 Å². The van der Waals surface area contributed by atoms with Crippen molar-refractivity contribution in [3.05, 3.63) is 12.8 Å². The van der Waals surface area contributed by atoms with Gasteiger partial charge in [0.25, 0.3) is 0 Å². The van der Waals surface area contributed by atoms with Gasteiger partial charge in [-0.1, -0.05) is 6.58 Å². The summed E-state index contributed by atoms with van der Waals surface area (Å²) in [5, 5.41) is 12.2. The summed E-state index contributed by atoms with van der Waals surface area (Å²) in [5.41, 5.74) is 0. The summed E-state index contributed by atoms with van der Waals surface area (Å²) in [6, 6.07) is 0.266. The van der Waals surface area contributed by atoms with E-state index >= 15 is 0 Å². The Morgan fingerprint density at radius 3 is 2.78 bits per heavy atom. The lowest BCUT2D eigenvalue weighted by Crippen LogP contribution is -2.31. The van der Waals surface area contributed by atoms with Crippen LogP contribution in [-0.2, 0) is 0 Å². The van der Waals surface area contributed by atoms with Crippen molar-refractivity contribution in [2.45, 2.75) is 31.4 Å². The van der Waals surface area contributed by atoms with Crippen molar-refractivity contribution in [2.24, 2.45) is 0 Å². The third-order valence-corrected chi connectivity index (χ3v) is 1.81. The molecule has 0 spiro atoms. The Hall–Kier alpha value is -0.500. The first-order valence-electron chi connectivity index (χ1n) is 3.39. The highest BCUT2D eigenvalue weighted by atomic mass is 16.3. The number of hydrogen-bond donors (Lipinski definition) is 2. The number of hydrogen-bond acceptors (Lipinski definition) is 2.